The van der Waals surface area contributed by atoms with Crippen molar-refractivity contribution in [1.82, 2.24) is 15.4 Å². The molecule has 0 atom stereocenters. The minimum atomic E-state index is 0.181. The third-order valence-electron chi connectivity index (χ3n) is 4.11. The summed E-state index contributed by atoms with van der Waals surface area (Å²) in [5.74, 6) is 1.52. The number of phenols is 2. The molecule has 7 heteroatoms. The van der Waals surface area contributed by atoms with Crippen LogP contribution in [0.3, 0.4) is 0 Å². The van der Waals surface area contributed by atoms with Crippen molar-refractivity contribution in [3.63, 3.8) is 0 Å². The number of phenolic OH excluding ortho intramolecular Hbond substituents is 2. The molecule has 31 heavy (non-hydrogen) atoms. The van der Waals surface area contributed by atoms with Crippen molar-refractivity contribution >= 4 is 0 Å². The van der Waals surface area contributed by atoms with Crippen molar-refractivity contribution in [3.8, 4) is 23.0 Å². The Balaban J connectivity index is 0.000000266. The van der Waals surface area contributed by atoms with Crippen molar-refractivity contribution in [2.24, 2.45) is 0 Å². The molecule has 3 aromatic rings. The van der Waals surface area contributed by atoms with E-state index >= 15 is 0 Å². The van der Waals surface area contributed by atoms with Crippen molar-refractivity contribution in [2.75, 3.05) is 13.7 Å². The van der Waals surface area contributed by atoms with Crippen molar-refractivity contribution in [1.29, 1.82) is 0 Å². The highest BCUT2D eigenvalue weighted by atomic mass is 16.5. The molecule has 1 heterocycles. The molecule has 2 aromatic carbocycles. The van der Waals surface area contributed by atoms with E-state index in [1.54, 1.807) is 60.9 Å². The van der Waals surface area contributed by atoms with Gasteiger partial charge in [-0.1, -0.05) is 63.3 Å². The van der Waals surface area contributed by atoms with Gasteiger partial charge < -0.3 is 19.7 Å². The Labute approximate surface area is 184 Å². The van der Waals surface area contributed by atoms with Gasteiger partial charge in [-0.25, -0.2) is 0 Å². The fourth-order valence-corrected chi connectivity index (χ4v) is 2.48. The minimum absolute atomic E-state index is 0.181. The summed E-state index contributed by atoms with van der Waals surface area (Å²) in [4.78, 5) is 0. The average Bonchev–Trinajstić information content (AvgIpc) is 2.82. The molecule has 0 radical (unpaired) electrons. The van der Waals surface area contributed by atoms with E-state index in [0.717, 1.165) is 6.42 Å². The molecule has 0 unspecified atom stereocenters. The average molecular weight is 428 g/mol. The van der Waals surface area contributed by atoms with E-state index in [9.17, 15) is 5.11 Å². The number of methoxy groups -OCH3 is 1. The Morgan fingerprint density at radius 1 is 0.710 bits per heavy atom. The van der Waals surface area contributed by atoms with E-state index < -0.39 is 0 Å². The van der Waals surface area contributed by atoms with Gasteiger partial charge in [-0.15, -0.1) is 10.2 Å². The lowest BCUT2D eigenvalue weighted by molar-refractivity contribution is 0.289. The smallest absolute Gasteiger partial charge is 0.160 e. The summed E-state index contributed by atoms with van der Waals surface area (Å²) in [5.41, 5.74) is 0. The van der Waals surface area contributed by atoms with Crippen molar-refractivity contribution in [3.05, 3.63) is 67.0 Å². The number of nitrogens with zero attached hydrogens (tertiary/aromatic N) is 3. The van der Waals surface area contributed by atoms with E-state index in [1.807, 2.05) is 6.07 Å². The maximum atomic E-state index is 9.46. The summed E-state index contributed by atoms with van der Waals surface area (Å²) in [6, 6.07) is 15.7. The molecular weight excluding hydrogens is 394 g/mol. The summed E-state index contributed by atoms with van der Waals surface area (Å²) in [6.07, 6.45) is 10.7. The van der Waals surface area contributed by atoms with Crippen LogP contribution in [0.2, 0.25) is 0 Å². The predicted octanol–water partition coefficient (Wildman–Crippen LogP) is 5.40. The third-order valence-corrected chi connectivity index (χ3v) is 4.11. The molecule has 2 N–H and O–H groups in total. The Hall–Kier alpha value is -3.35. The number of hydrogen-bond acceptors (Lipinski definition) is 7. The van der Waals surface area contributed by atoms with Gasteiger partial charge in [0.2, 0.25) is 0 Å². The molecule has 7 nitrogen and oxygen atoms in total. The third kappa shape index (κ3) is 12.7. The normalized spacial score (nSPS) is 9.48. The molecule has 0 aliphatic carbocycles. The highest BCUT2D eigenvalue weighted by Crippen LogP contribution is 2.24. The standard InChI is InChI=1S/C14H22O2.C7H8O2.C3H3N3/c1-2-3-4-5-6-9-12-16-14-11-8-7-10-13(14)15;1-9-7-5-3-2-4-6(7)8;1-2-4-6-5-3-1/h7-8,10-11,15H,2-6,9,12H2,1H3;2-5,8H,1H3;1-3H. The van der Waals surface area contributed by atoms with Gasteiger partial charge >= 0.3 is 0 Å². The van der Waals surface area contributed by atoms with Gasteiger partial charge in [-0.05, 0) is 42.0 Å². The van der Waals surface area contributed by atoms with Gasteiger partial charge in [0.05, 0.1) is 26.1 Å². The highest BCUT2D eigenvalue weighted by molar-refractivity contribution is 5.38. The van der Waals surface area contributed by atoms with Crippen LogP contribution in [-0.2, 0) is 0 Å². The van der Waals surface area contributed by atoms with Crippen LogP contribution in [0.1, 0.15) is 45.4 Å². The molecule has 0 saturated carbocycles. The fraction of sp³-hybridized carbons (Fsp3) is 0.375. The molecule has 0 aliphatic rings. The number of ether oxygens (including phenoxy) is 2. The molecule has 0 amide bonds. The topological polar surface area (TPSA) is 97.6 Å². The lowest BCUT2D eigenvalue weighted by atomic mass is 10.1. The second kappa shape index (κ2) is 17.5. The minimum Gasteiger partial charge on any atom is -0.504 e. The first kappa shape index (κ1) is 25.7. The molecular formula is C24H33N3O4. The van der Waals surface area contributed by atoms with Gasteiger partial charge in [0, 0.05) is 0 Å². The van der Waals surface area contributed by atoms with Crippen LogP contribution in [0, 0.1) is 0 Å². The van der Waals surface area contributed by atoms with E-state index in [-0.39, 0.29) is 11.5 Å². The molecule has 0 aliphatic heterocycles. The number of benzene rings is 2. The highest BCUT2D eigenvalue weighted by Gasteiger charge is 1.99. The first-order valence-electron chi connectivity index (χ1n) is 10.5. The van der Waals surface area contributed by atoms with Crippen LogP contribution < -0.4 is 9.47 Å². The zero-order valence-electron chi connectivity index (χ0n) is 18.4. The molecule has 0 saturated heterocycles. The van der Waals surface area contributed by atoms with Gasteiger partial charge in [0.15, 0.2) is 23.0 Å². The number of hydrogen-bond donors (Lipinski definition) is 2. The maximum Gasteiger partial charge on any atom is 0.160 e. The zero-order valence-corrected chi connectivity index (χ0v) is 18.4. The lowest BCUT2D eigenvalue weighted by Crippen LogP contribution is -1.97. The molecule has 1 aromatic heterocycles. The van der Waals surface area contributed by atoms with E-state index in [4.69, 9.17) is 14.6 Å². The van der Waals surface area contributed by atoms with Gasteiger partial charge in [-0.3, -0.25) is 0 Å². The number of aromatic nitrogens is 3. The van der Waals surface area contributed by atoms with Crippen LogP contribution in [0.4, 0.5) is 0 Å². The molecule has 3 rings (SSSR count). The largest absolute Gasteiger partial charge is 0.504 e. The number of rotatable bonds is 9. The predicted molar refractivity (Wildman–Crippen MR) is 121 cm³/mol. The quantitative estimate of drug-likeness (QED) is 0.441. The molecule has 168 valence electrons. The lowest BCUT2D eigenvalue weighted by Gasteiger charge is -2.07. The summed E-state index contributed by atoms with van der Waals surface area (Å²) >= 11 is 0. The second-order valence-corrected chi connectivity index (χ2v) is 6.57. The Bertz CT molecular complexity index is 777. The summed E-state index contributed by atoms with van der Waals surface area (Å²) in [5, 5.41) is 28.6. The van der Waals surface area contributed by atoms with Gasteiger partial charge in [-0.2, -0.15) is 0 Å². The fourth-order valence-electron chi connectivity index (χ4n) is 2.48. The summed E-state index contributed by atoms with van der Waals surface area (Å²) in [7, 11) is 1.52. The van der Waals surface area contributed by atoms with E-state index in [0.29, 0.717) is 18.1 Å². The first-order chi connectivity index (χ1) is 15.2. The maximum absolute atomic E-state index is 9.46. The molecule has 0 fully saturated rings. The summed E-state index contributed by atoms with van der Waals surface area (Å²) in [6.45, 7) is 2.92. The SMILES string of the molecule is CCCCCCCCOc1ccccc1O.COc1ccccc1O.c1cnnnc1. The van der Waals surface area contributed by atoms with E-state index in [1.165, 1.54) is 39.2 Å². The van der Waals surface area contributed by atoms with Crippen molar-refractivity contribution in [2.45, 2.75) is 45.4 Å². The Kier molecular flexibility index (Phi) is 14.5. The Morgan fingerprint density at radius 3 is 1.71 bits per heavy atom. The number of unbranched alkanes of at least 4 members (excludes halogenated alkanes) is 5. The molecule has 0 spiro atoms. The molecule has 0 bridgehead atoms. The zero-order chi connectivity index (χ0) is 22.6. The van der Waals surface area contributed by atoms with Crippen LogP contribution in [0.15, 0.2) is 67.0 Å². The monoisotopic (exact) mass is 427 g/mol. The van der Waals surface area contributed by atoms with Crippen LogP contribution in [-0.4, -0.2) is 39.3 Å². The van der Waals surface area contributed by atoms with Gasteiger partial charge in [0.25, 0.3) is 0 Å². The number of aromatic hydroxyl groups is 2. The Morgan fingerprint density at radius 2 is 1.26 bits per heavy atom. The van der Waals surface area contributed by atoms with Crippen molar-refractivity contribution < 1.29 is 19.7 Å². The van der Waals surface area contributed by atoms with Crippen LogP contribution in [0.25, 0.3) is 0 Å². The first-order valence-corrected chi connectivity index (χ1v) is 10.5. The van der Waals surface area contributed by atoms with Crippen LogP contribution in [0.5, 0.6) is 23.0 Å². The number of para-hydroxylation sites is 4. The van der Waals surface area contributed by atoms with Gasteiger partial charge in [0.1, 0.15) is 0 Å². The van der Waals surface area contributed by atoms with E-state index in [2.05, 4.69) is 22.3 Å². The second-order valence-electron chi connectivity index (χ2n) is 6.57. The summed E-state index contributed by atoms with van der Waals surface area (Å²) < 4.78 is 10.3. The van der Waals surface area contributed by atoms with Crippen LogP contribution >= 0.6 is 0 Å².